The number of para-hydroxylation sites is 2. The van der Waals surface area contributed by atoms with E-state index in [4.69, 9.17) is 0 Å². The number of aliphatic hydroxyl groups excluding tert-OH is 1. The zero-order valence-corrected chi connectivity index (χ0v) is 15.5. The summed E-state index contributed by atoms with van der Waals surface area (Å²) < 4.78 is 0. The lowest BCUT2D eigenvalue weighted by molar-refractivity contribution is -0.385. The SMILES string of the molecule is O=C1C(=O)N(c2ccccc2)C(c2ccccc2[N+](=O)[O-])/C1=C(/O)c1ccccn1. The highest BCUT2D eigenvalue weighted by Gasteiger charge is 2.49. The van der Waals surface area contributed by atoms with Crippen LogP contribution in [0.5, 0.6) is 0 Å². The number of carbonyl (C=O) groups is 2. The van der Waals surface area contributed by atoms with Crippen molar-refractivity contribution in [1.82, 2.24) is 4.98 Å². The first-order valence-electron chi connectivity index (χ1n) is 9.01. The first kappa shape index (κ1) is 19.0. The normalized spacial score (nSPS) is 17.9. The number of aliphatic hydroxyl groups is 1. The molecule has 1 unspecified atom stereocenters. The van der Waals surface area contributed by atoms with E-state index in [2.05, 4.69) is 4.98 Å². The van der Waals surface area contributed by atoms with E-state index in [0.29, 0.717) is 5.69 Å². The summed E-state index contributed by atoms with van der Waals surface area (Å²) in [7, 11) is 0. The fourth-order valence-corrected chi connectivity index (χ4v) is 3.51. The van der Waals surface area contributed by atoms with Gasteiger partial charge in [0, 0.05) is 18.0 Å². The number of nitrogens with zero attached hydrogens (tertiary/aromatic N) is 3. The van der Waals surface area contributed by atoms with Crippen molar-refractivity contribution in [1.29, 1.82) is 0 Å². The molecular formula is C22H15N3O5. The average molecular weight is 401 g/mol. The predicted molar refractivity (Wildman–Crippen MR) is 109 cm³/mol. The monoisotopic (exact) mass is 401 g/mol. The van der Waals surface area contributed by atoms with Crippen molar-refractivity contribution in [3.63, 3.8) is 0 Å². The molecule has 1 fully saturated rings. The van der Waals surface area contributed by atoms with Gasteiger partial charge in [-0.25, -0.2) is 0 Å². The zero-order valence-electron chi connectivity index (χ0n) is 15.5. The number of ketones is 1. The molecule has 1 aliphatic rings. The minimum atomic E-state index is -1.18. The van der Waals surface area contributed by atoms with E-state index < -0.39 is 28.4 Å². The van der Waals surface area contributed by atoms with Gasteiger partial charge in [-0.2, -0.15) is 0 Å². The van der Waals surface area contributed by atoms with Crippen LogP contribution in [-0.2, 0) is 9.59 Å². The van der Waals surface area contributed by atoms with E-state index in [-0.39, 0.29) is 22.5 Å². The summed E-state index contributed by atoms with van der Waals surface area (Å²) in [6, 6.07) is 17.7. The Labute approximate surface area is 170 Å². The van der Waals surface area contributed by atoms with Gasteiger partial charge in [-0.3, -0.25) is 29.6 Å². The molecule has 0 bridgehead atoms. The largest absolute Gasteiger partial charge is 0.505 e. The van der Waals surface area contributed by atoms with Gasteiger partial charge < -0.3 is 5.11 Å². The molecule has 1 saturated heterocycles. The van der Waals surface area contributed by atoms with Crippen molar-refractivity contribution >= 4 is 28.8 Å². The standard InChI is InChI=1S/C22H15N3O5/c26-20(16-11-6-7-13-23-16)18-19(15-10-4-5-12-17(15)25(29)30)24(22(28)21(18)27)14-8-2-1-3-9-14/h1-13,19,26H/b20-18-. The molecule has 0 saturated carbocycles. The van der Waals surface area contributed by atoms with Crippen molar-refractivity contribution in [3.8, 4) is 0 Å². The van der Waals surface area contributed by atoms with Gasteiger partial charge in [-0.05, 0) is 30.3 Å². The first-order chi connectivity index (χ1) is 14.5. The van der Waals surface area contributed by atoms with E-state index in [1.807, 2.05) is 0 Å². The number of hydrogen-bond donors (Lipinski definition) is 1. The van der Waals surface area contributed by atoms with Gasteiger partial charge in [0.2, 0.25) is 0 Å². The van der Waals surface area contributed by atoms with Crippen LogP contribution in [0.15, 0.2) is 84.6 Å². The molecule has 8 heteroatoms. The summed E-state index contributed by atoms with van der Waals surface area (Å²) in [6.07, 6.45) is 1.43. The minimum Gasteiger partial charge on any atom is -0.505 e. The molecule has 0 spiro atoms. The molecule has 8 nitrogen and oxygen atoms in total. The van der Waals surface area contributed by atoms with Gasteiger partial charge in [0.25, 0.3) is 17.4 Å². The van der Waals surface area contributed by atoms with Crippen LogP contribution in [0.2, 0.25) is 0 Å². The first-order valence-corrected chi connectivity index (χ1v) is 9.01. The van der Waals surface area contributed by atoms with Gasteiger partial charge in [-0.1, -0.05) is 36.4 Å². The fraction of sp³-hybridized carbons (Fsp3) is 0.0455. The third-order valence-corrected chi connectivity index (χ3v) is 4.81. The Kier molecular flexibility index (Phi) is 4.81. The summed E-state index contributed by atoms with van der Waals surface area (Å²) >= 11 is 0. The number of anilines is 1. The molecule has 148 valence electrons. The van der Waals surface area contributed by atoms with Crippen LogP contribution < -0.4 is 4.90 Å². The molecule has 0 radical (unpaired) electrons. The van der Waals surface area contributed by atoms with Crippen LogP contribution in [-0.4, -0.2) is 26.7 Å². The number of nitro groups is 1. The number of Topliss-reactive ketones (excluding diaryl/α,β-unsaturated/α-hetero) is 1. The van der Waals surface area contributed by atoms with E-state index in [9.17, 15) is 24.8 Å². The second-order valence-electron chi connectivity index (χ2n) is 6.54. The highest BCUT2D eigenvalue weighted by molar-refractivity contribution is 6.51. The summed E-state index contributed by atoms with van der Waals surface area (Å²) in [5.41, 5.74) is 0.0621. The van der Waals surface area contributed by atoms with Gasteiger partial charge in [0.15, 0.2) is 5.76 Å². The smallest absolute Gasteiger partial charge is 0.300 e. The Bertz CT molecular complexity index is 1180. The number of hydrogen-bond acceptors (Lipinski definition) is 6. The minimum absolute atomic E-state index is 0.0899. The quantitative estimate of drug-likeness (QED) is 0.235. The molecule has 1 atom stereocenters. The summed E-state index contributed by atoms with van der Waals surface area (Å²) in [5.74, 6) is -2.32. The van der Waals surface area contributed by atoms with E-state index in [0.717, 1.165) is 0 Å². The molecule has 0 aliphatic carbocycles. The average Bonchev–Trinajstić information content (AvgIpc) is 3.05. The Morgan fingerprint density at radius 2 is 1.63 bits per heavy atom. The number of nitro benzene ring substituents is 1. The molecule has 1 aliphatic heterocycles. The Balaban J connectivity index is 2.02. The number of pyridine rings is 1. The lowest BCUT2D eigenvalue weighted by atomic mass is 9.95. The zero-order chi connectivity index (χ0) is 21.3. The van der Waals surface area contributed by atoms with Crippen molar-refractivity contribution < 1.29 is 19.6 Å². The van der Waals surface area contributed by atoms with Crippen LogP contribution in [0, 0.1) is 10.1 Å². The summed E-state index contributed by atoms with van der Waals surface area (Å²) in [5, 5.41) is 22.5. The third kappa shape index (κ3) is 3.10. The van der Waals surface area contributed by atoms with Crippen LogP contribution in [0.1, 0.15) is 17.3 Å². The van der Waals surface area contributed by atoms with Gasteiger partial charge in [0.1, 0.15) is 11.7 Å². The van der Waals surface area contributed by atoms with Crippen molar-refractivity contribution in [2.24, 2.45) is 0 Å². The van der Waals surface area contributed by atoms with E-state index in [1.165, 1.54) is 35.4 Å². The number of amides is 1. The van der Waals surface area contributed by atoms with Gasteiger partial charge >= 0.3 is 0 Å². The number of aromatic nitrogens is 1. The predicted octanol–water partition coefficient (Wildman–Crippen LogP) is 3.62. The Hall–Kier alpha value is -4.33. The van der Waals surface area contributed by atoms with Gasteiger partial charge in [0.05, 0.1) is 16.1 Å². The van der Waals surface area contributed by atoms with Crippen LogP contribution >= 0.6 is 0 Å². The summed E-state index contributed by atoms with van der Waals surface area (Å²) in [4.78, 5) is 42.2. The number of carbonyl (C=O) groups excluding carboxylic acids is 2. The molecule has 1 amide bonds. The highest BCUT2D eigenvalue weighted by Crippen LogP contribution is 2.44. The molecule has 1 N–H and O–H groups in total. The number of rotatable bonds is 4. The molecule has 2 aromatic carbocycles. The fourth-order valence-electron chi connectivity index (χ4n) is 3.51. The van der Waals surface area contributed by atoms with Crippen molar-refractivity contribution in [3.05, 3.63) is 106 Å². The second kappa shape index (κ2) is 7.59. The maximum absolute atomic E-state index is 13.0. The maximum atomic E-state index is 13.0. The molecule has 30 heavy (non-hydrogen) atoms. The van der Waals surface area contributed by atoms with E-state index >= 15 is 0 Å². The maximum Gasteiger partial charge on any atom is 0.300 e. The molecule has 3 aromatic rings. The van der Waals surface area contributed by atoms with E-state index in [1.54, 1.807) is 48.5 Å². The number of benzene rings is 2. The second-order valence-corrected chi connectivity index (χ2v) is 6.54. The topological polar surface area (TPSA) is 114 Å². The highest BCUT2D eigenvalue weighted by atomic mass is 16.6. The van der Waals surface area contributed by atoms with Gasteiger partial charge in [-0.15, -0.1) is 0 Å². The van der Waals surface area contributed by atoms with Crippen molar-refractivity contribution in [2.45, 2.75) is 6.04 Å². The lowest BCUT2D eigenvalue weighted by Gasteiger charge is -2.25. The summed E-state index contributed by atoms with van der Waals surface area (Å²) in [6.45, 7) is 0. The molecular weight excluding hydrogens is 386 g/mol. The Morgan fingerprint density at radius 3 is 2.30 bits per heavy atom. The molecule has 2 heterocycles. The van der Waals surface area contributed by atoms with Crippen LogP contribution in [0.3, 0.4) is 0 Å². The molecule has 4 rings (SSSR count). The lowest BCUT2D eigenvalue weighted by Crippen LogP contribution is -2.29. The van der Waals surface area contributed by atoms with Crippen LogP contribution in [0.25, 0.3) is 5.76 Å². The molecule has 1 aromatic heterocycles. The van der Waals surface area contributed by atoms with Crippen molar-refractivity contribution in [2.75, 3.05) is 4.90 Å². The third-order valence-electron chi connectivity index (χ3n) is 4.81. The van der Waals surface area contributed by atoms with Crippen LogP contribution in [0.4, 0.5) is 11.4 Å². The Morgan fingerprint density at radius 1 is 0.967 bits per heavy atom.